The Morgan fingerprint density at radius 3 is 2.32 bits per heavy atom. The smallest absolute Gasteiger partial charge is 0.408 e. The van der Waals surface area contributed by atoms with Crippen LogP contribution in [0.5, 0.6) is 0 Å². The summed E-state index contributed by atoms with van der Waals surface area (Å²) in [5.41, 5.74) is 6.59. The van der Waals surface area contributed by atoms with Gasteiger partial charge in [-0.2, -0.15) is 5.26 Å². The first kappa shape index (κ1) is 31.9. The van der Waals surface area contributed by atoms with Crippen molar-refractivity contribution in [2.75, 3.05) is 19.7 Å². The van der Waals surface area contributed by atoms with Crippen molar-refractivity contribution in [1.29, 1.82) is 5.26 Å². The molecule has 0 saturated carbocycles. The first-order chi connectivity index (χ1) is 17.7. The lowest BCUT2D eigenvalue weighted by Gasteiger charge is -2.33. The Hall–Kier alpha value is -4.14. The van der Waals surface area contributed by atoms with Crippen LogP contribution in [-0.2, 0) is 28.7 Å². The van der Waals surface area contributed by atoms with E-state index in [0.29, 0.717) is 5.56 Å². The number of amides is 4. The largest absolute Gasteiger partial charge is 0.466 e. The van der Waals surface area contributed by atoms with Crippen LogP contribution in [0.15, 0.2) is 18.2 Å². The molecule has 0 saturated heterocycles. The molecule has 1 aromatic carbocycles. The van der Waals surface area contributed by atoms with Crippen molar-refractivity contribution in [3.8, 4) is 6.07 Å². The van der Waals surface area contributed by atoms with Crippen molar-refractivity contribution >= 4 is 29.8 Å². The molecule has 2 unspecified atom stereocenters. The van der Waals surface area contributed by atoms with E-state index in [4.69, 9.17) is 15.2 Å². The van der Waals surface area contributed by atoms with E-state index in [0.717, 1.165) is 16.0 Å². The maximum atomic E-state index is 13.7. The molecule has 38 heavy (non-hydrogen) atoms. The monoisotopic (exact) mass is 531 g/mol. The van der Waals surface area contributed by atoms with E-state index >= 15 is 0 Å². The first-order valence-electron chi connectivity index (χ1n) is 12.2. The maximum Gasteiger partial charge on any atom is 0.408 e. The topological polar surface area (TPSA) is 181 Å². The Morgan fingerprint density at radius 1 is 1.13 bits per heavy atom. The highest BCUT2D eigenvalue weighted by Crippen LogP contribution is 2.25. The van der Waals surface area contributed by atoms with Gasteiger partial charge in [0, 0.05) is 6.54 Å². The van der Waals surface area contributed by atoms with E-state index in [1.165, 1.54) is 0 Å². The molecule has 1 rings (SSSR count). The lowest BCUT2D eigenvalue weighted by Crippen LogP contribution is -2.54. The SMILES string of the molecule is CCOC(=O)CCNC(=O)C(c1ccc(C)c(C)c1)N(CC#N)C(=O)C(CC(N)=O)NC(=O)OC(C)(C)C. The molecule has 0 radical (unpaired) electrons. The van der Waals surface area contributed by atoms with Crippen LogP contribution < -0.4 is 16.4 Å². The van der Waals surface area contributed by atoms with Crippen LogP contribution in [0.3, 0.4) is 0 Å². The lowest BCUT2D eigenvalue weighted by atomic mass is 9.98. The molecule has 0 fully saturated rings. The molecule has 0 aliphatic carbocycles. The van der Waals surface area contributed by atoms with Gasteiger partial charge < -0.3 is 30.7 Å². The highest BCUT2D eigenvalue weighted by Gasteiger charge is 2.37. The van der Waals surface area contributed by atoms with Gasteiger partial charge in [0.1, 0.15) is 24.2 Å². The van der Waals surface area contributed by atoms with E-state index in [1.54, 1.807) is 45.9 Å². The molecule has 12 heteroatoms. The molecule has 4 amide bonds. The van der Waals surface area contributed by atoms with Crippen LogP contribution in [0, 0.1) is 25.2 Å². The van der Waals surface area contributed by atoms with Crippen molar-refractivity contribution in [2.24, 2.45) is 5.73 Å². The predicted octanol–water partition coefficient (Wildman–Crippen LogP) is 1.53. The molecule has 1 aromatic rings. The number of ether oxygens (including phenoxy) is 2. The standard InChI is InChI=1S/C26H37N5O7/c1-7-37-21(33)10-12-29-23(34)22(18-9-8-16(2)17(3)14-18)31(13-11-27)24(35)19(15-20(28)32)30-25(36)38-26(4,5)6/h8-9,14,19,22H,7,10,12-13,15H2,1-6H3,(H2,28,32)(H,29,34)(H,30,36). The number of primary amides is 1. The molecule has 0 heterocycles. The number of nitrogens with zero attached hydrogens (tertiary/aromatic N) is 2. The van der Waals surface area contributed by atoms with Crippen molar-refractivity contribution in [3.05, 3.63) is 34.9 Å². The number of benzene rings is 1. The van der Waals surface area contributed by atoms with E-state index < -0.39 is 60.4 Å². The number of hydrogen-bond donors (Lipinski definition) is 3. The fourth-order valence-corrected chi connectivity index (χ4v) is 3.45. The molecule has 0 aliphatic rings. The fraction of sp³-hybridized carbons (Fsp3) is 0.538. The number of nitrogens with two attached hydrogens (primary N) is 1. The van der Waals surface area contributed by atoms with Gasteiger partial charge in [-0.15, -0.1) is 0 Å². The number of nitrogens with one attached hydrogen (secondary N) is 2. The van der Waals surface area contributed by atoms with Gasteiger partial charge >= 0.3 is 12.1 Å². The van der Waals surface area contributed by atoms with Crippen LogP contribution in [0.2, 0.25) is 0 Å². The molecular formula is C26H37N5O7. The molecule has 2 atom stereocenters. The molecule has 0 aliphatic heterocycles. The van der Waals surface area contributed by atoms with Crippen LogP contribution in [-0.4, -0.2) is 66.0 Å². The number of hydrogen-bond acceptors (Lipinski definition) is 8. The molecular weight excluding hydrogens is 494 g/mol. The predicted molar refractivity (Wildman–Crippen MR) is 137 cm³/mol. The molecule has 12 nitrogen and oxygen atoms in total. The van der Waals surface area contributed by atoms with Gasteiger partial charge in [-0.1, -0.05) is 18.2 Å². The van der Waals surface area contributed by atoms with Crippen LogP contribution in [0.25, 0.3) is 0 Å². The zero-order valence-corrected chi connectivity index (χ0v) is 22.8. The molecule has 0 spiro atoms. The molecule has 4 N–H and O–H groups in total. The Labute approximate surface area is 222 Å². The zero-order valence-electron chi connectivity index (χ0n) is 22.8. The summed E-state index contributed by atoms with van der Waals surface area (Å²) in [6.07, 6.45) is -1.67. The summed E-state index contributed by atoms with van der Waals surface area (Å²) in [5.74, 6) is -2.96. The van der Waals surface area contributed by atoms with Crippen LogP contribution in [0.1, 0.15) is 63.3 Å². The van der Waals surface area contributed by atoms with Crippen molar-refractivity contribution in [2.45, 2.75) is 72.1 Å². The number of carbonyl (C=O) groups is 5. The minimum atomic E-state index is -1.50. The molecule has 0 bridgehead atoms. The van der Waals surface area contributed by atoms with Crippen molar-refractivity contribution in [3.63, 3.8) is 0 Å². The quantitative estimate of drug-likeness (QED) is 0.268. The van der Waals surface area contributed by atoms with E-state index in [-0.39, 0.29) is 19.6 Å². The van der Waals surface area contributed by atoms with Gasteiger partial charge in [0.05, 0.1) is 25.5 Å². The third-order valence-electron chi connectivity index (χ3n) is 5.26. The summed E-state index contributed by atoms with van der Waals surface area (Å²) in [4.78, 5) is 63.8. The van der Waals surface area contributed by atoms with Gasteiger partial charge in [-0.3, -0.25) is 19.2 Å². The van der Waals surface area contributed by atoms with Gasteiger partial charge in [0.2, 0.25) is 17.7 Å². The summed E-state index contributed by atoms with van der Waals surface area (Å²) in [6, 6.07) is 4.14. The number of alkyl carbamates (subject to hydrolysis) is 1. The number of carbonyl (C=O) groups excluding carboxylic acids is 5. The third kappa shape index (κ3) is 10.5. The van der Waals surface area contributed by atoms with Gasteiger partial charge in [0.15, 0.2) is 0 Å². The third-order valence-corrected chi connectivity index (χ3v) is 5.26. The minimum absolute atomic E-state index is 0.0749. The highest BCUT2D eigenvalue weighted by molar-refractivity contribution is 5.94. The minimum Gasteiger partial charge on any atom is -0.466 e. The molecule has 0 aromatic heterocycles. The number of esters is 1. The number of aryl methyl sites for hydroxylation is 2. The Kier molecular flexibility index (Phi) is 12.2. The maximum absolute atomic E-state index is 13.7. The summed E-state index contributed by atoms with van der Waals surface area (Å²) < 4.78 is 10.1. The second-order valence-corrected chi connectivity index (χ2v) is 9.59. The average Bonchev–Trinajstić information content (AvgIpc) is 2.78. The molecule has 208 valence electrons. The van der Waals surface area contributed by atoms with E-state index in [9.17, 15) is 29.2 Å². The highest BCUT2D eigenvalue weighted by atomic mass is 16.6. The normalized spacial score (nSPS) is 12.3. The number of nitriles is 1. The summed E-state index contributed by atoms with van der Waals surface area (Å²) in [6.45, 7) is 9.78. The number of rotatable bonds is 12. The van der Waals surface area contributed by atoms with E-state index in [1.807, 2.05) is 19.9 Å². The van der Waals surface area contributed by atoms with Gasteiger partial charge in [-0.05, 0) is 58.2 Å². The summed E-state index contributed by atoms with van der Waals surface area (Å²) >= 11 is 0. The fourth-order valence-electron chi connectivity index (χ4n) is 3.45. The van der Waals surface area contributed by atoms with Crippen LogP contribution in [0.4, 0.5) is 4.79 Å². The first-order valence-corrected chi connectivity index (χ1v) is 12.2. The second kappa shape index (κ2) is 14.6. The van der Waals surface area contributed by atoms with Gasteiger partial charge in [-0.25, -0.2) is 4.79 Å². The Morgan fingerprint density at radius 2 is 1.79 bits per heavy atom. The van der Waals surface area contributed by atoms with Crippen molar-refractivity contribution in [1.82, 2.24) is 15.5 Å². The van der Waals surface area contributed by atoms with E-state index in [2.05, 4.69) is 10.6 Å². The Bertz CT molecular complexity index is 1070. The summed E-state index contributed by atoms with van der Waals surface area (Å²) in [7, 11) is 0. The Balaban J connectivity index is 3.43. The van der Waals surface area contributed by atoms with Crippen molar-refractivity contribution < 1.29 is 33.4 Å². The zero-order chi connectivity index (χ0) is 29.0. The average molecular weight is 532 g/mol. The summed E-state index contributed by atoms with van der Waals surface area (Å²) in [5, 5.41) is 14.5. The lowest BCUT2D eigenvalue weighted by molar-refractivity contribution is -0.144. The van der Waals surface area contributed by atoms with Crippen LogP contribution >= 0.6 is 0 Å². The van der Waals surface area contributed by atoms with Gasteiger partial charge in [0.25, 0.3) is 0 Å². The second-order valence-electron chi connectivity index (χ2n) is 9.59.